The van der Waals surface area contributed by atoms with E-state index < -0.39 is 11.5 Å². The molecule has 0 aliphatic rings. The van der Waals surface area contributed by atoms with Crippen LogP contribution in [-0.2, 0) is 0 Å². The lowest BCUT2D eigenvalue weighted by atomic mass is 10.3. The molecule has 7 nitrogen and oxygen atoms in total. The molecule has 0 fully saturated rings. The third kappa shape index (κ3) is 1.62. The van der Waals surface area contributed by atoms with Crippen molar-refractivity contribution in [1.29, 1.82) is 0 Å². The lowest BCUT2D eigenvalue weighted by molar-refractivity contribution is 0.0694. The Hall–Kier alpha value is -2.44. The minimum absolute atomic E-state index is 0.277. The Balaban J connectivity index is 2.52. The maximum atomic E-state index is 11.3. The highest BCUT2D eigenvalue weighted by Gasteiger charge is 2.10. The Bertz CT molecular complexity index is 543. The van der Waals surface area contributed by atoms with Gasteiger partial charge in [-0.1, -0.05) is 0 Å². The van der Waals surface area contributed by atoms with Crippen LogP contribution in [0.3, 0.4) is 0 Å². The van der Waals surface area contributed by atoms with Crippen molar-refractivity contribution in [2.45, 2.75) is 0 Å². The molecule has 0 saturated heterocycles. The third-order valence-electron chi connectivity index (χ3n) is 1.80. The van der Waals surface area contributed by atoms with E-state index in [1.807, 2.05) is 0 Å². The van der Waals surface area contributed by atoms with Crippen LogP contribution >= 0.6 is 0 Å². The maximum absolute atomic E-state index is 11.3. The topological polar surface area (TPSA) is 112 Å². The number of nitrogens with one attached hydrogen (secondary N) is 2. The quantitative estimate of drug-likeness (QED) is 0.633. The van der Waals surface area contributed by atoms with Crippen molar-refractivity contribution in [3.05, 3.63) is 34.5 Å². The van der Waals surface area contributed by atoms with E-state index in [1.165, 1.54) is 6.20 Å². The van der Waals surface area contributed by atoms with E-state index in [4.69, 9.17) is 5.11 Å². The molecule has 0 saturated carbocycles. The first-order valence-corrected chi connectivity index (χ1v) is 4.00. The largest absolute Gasteiger partial charge is 0.477 e. The molecule has 0 atom stereocenters. The first-order chi connectivity index (χ1) is 7.18. The highest BCUT2D eigenvalue weighted by Crippen LogP contribution is 2.09. The summed E-state index contributed by atoms with van der Waals surface area (Å²) in [5, 5.41) is 14.8. The zero-order valence-corrected chi connectivity index (χ0v) is 7.39. The highest BCUT2D eigenvalue weighted by atomic mass is 16.4. The Morgan fingerprint density at radius 1 is 1.40 bits per heavy atom. The number of carboxylic acid groups (broad SMARTS) is 1. The summed E-state index contributed by atoms with van der Waals surface area (Å²) in [5.41, 5.74) is -0.486. The smallest absolute Gasteiger partial charge is 0.342 e. The van der Waals surface area contributed by atoms with Crippen molar-refractivity contribution in [3.63, 3.8) is 0 Å². The molecular weight excluding hydrogens is 200 g/mol. The van der Waals surface area contributed by atoms with Gasteiger partial charge in [0.15, 0.2) is 0 Å². The second-order valence-corrected chi connectivity index (χ2v) is 2.77. The standard InChI is InChI=1S/C8H6N4O3/c13-7-5(8(14)15)3-9-6(12-7)4-1-10-11-2-4/h1-3H,(H,10,11)(H,14,15)(H,9,12,13). The lowest BCUT2D eigenvalue weighted by Gasteiger charge is -1.96. The molecule has 0 unspecified atom stereocenters. The molecule has 76 valence electrons. The zero-order chi connectivity index (χ0) is 10.8. The fourth-order valence-corrected chi connectivity index (χ4v) is 1.07. The summed E-state index contributed by atoms with van der Waals surface area (Å²) < 4.78 is 0. The van der Waals surface area contributed by atoms with Crippen LogP contribution in [0.15, 0.2) is 23.4 Å². The van der Waals surface area contributed by atoms with E-state index in [0.29, 0.717) is 5.56 Å². The number of carbonyl (C=O) groups is 1. The summed E-state index contributed by atoms with van der Waals surface area (Å²) in [6.45, 7) is 0. The van der Waals surface area contributed by atoms with Gasteiger partial charge in [0.05, 0.1) is 11.8 Å². The number of aromatic carboxylic acids is 1. The number of H-pyrrole nitrogens is 2. The van der Waals surface area contributed by atoms with E-state index in [-0.39, 0.29) is 11.4 Å². The summed E-state index contributed by atoms with van der Waals surface area (Å²) in [6, 6.07) is 0. The summed E-state index contributed by atoms with van der Waals surface area (Å²) in [7, 11) is 0. The Labute approximate surface area is 82.8 Å². The van der Waals surface area contributed by atoms with Gasteiger partial charge in [-0.05, 0) is 0 Å². The molecule has 0 aliphatic heterocycles. The second-order valence-electron chi connectivity index (χ2n) is 2.77. The van der Waals surface area contributed by atoms with Crippen LogP contribution in [0.5, 0.6) is 0 Å². The second kappa shape index (κ2) is 3.37. The molecule has 2 heterocycles. The first kappa shape index (κ1) is 9.13. The molecule has 2 aromatic heterocycles. The van der Waals surface area contributed by atoms with Gasteiger partial charge in [-0.2, -0.15) is 5.10 Å². The van der Waals surface area contributed by atoms with Crippen molar-refractivity contribution in [2.75, 3.05) is 0 Å². The molecule has 2 aromatic rings. The summed E-state index contributed by atoms with van der Waals surface area (Å²) in [4.78, 5) is 28.0. The van der Waals surface area contributed by atoms with Crippen LogP contribution in [0.1, 0.15) is 10.4 Å². The van der Waals surface area contributed by atoms with Crippen LogP contribution in [-0.4, -0.2) is 31.2 Å². The molecular formula is C8H6N4O3. The molecule has 0 spiro atoms. The van der Waals surface area contributed by atoms with Crippen molar-refractivity contribution in [3.8, 4) is 11.4 Å². The molecule has 3 N–H and O–H groups in total. The summed E-state index contributed by atoms with van der Waals surface area (Å²) in [5.74, 6) is -1.03. The molecule has 0 amide bonds. The number of nitrogens with zero attached hydrogens (tertiary/aromatic N) is 2. The van der Waals surface area contributed by atoms with E-state index in [9.17, 15) is 9.59 Å². The van der Waals surface area contributed by atoms with Gasteiger partial charge < -0.3 is 10.1 Å². The van der Waals surface area contributed by atoms with Crippen molar-refractivity contribution in [2.24, 2.45) is 0 Å². The molecule has 0 radical (unpaired) electrons. The predicted molar refractivity (Wildman–Crippen MR) is 49.4 cm³/mol. The van der Waals surface area contributed by atoms with Crippen LogP contribution in [0.25, 0.3) is 11.4 Å². The van der Waals surface area contributed by atoms with Crippen LogP contribution in [0, 0.1) is 0 Å². The fraction of sp³-hybridized carbons (Fsp3) is 0. The van der Waals surface area contributed by atoms with E-state index >= 15 is 0 Å². The van der Waals surface area contributed by atoms with Gasteiger partial charge in [-0.15, -0.1) is 0 Å². The lowest BCUT2D eigenvalue weighted by Crippen LogP contribution is -2.18. The number of hydrogen-bond acceptors (Lipinski definition) is 4. The summed E-state index contributed by atoms with van der Waals surface area (Å²) in [6.07, 6.45) is 4.03. The first-order valence-electron chi connectivity index (χ1n) is 4.00. The molecule has 0 aromatic carbocycles. The van der Waals surface area contributed by atoms with Gasteiger partial charge in [0.2, 0.25) is 0 Å². The van der Waals surface area contributed by atoms with Crippen LogP contribution in [0.4, 0.5) is 0 Å². The molecule has 7 heteroatoms. The number of rotatable bonds is 2. The molecule has 0 aliphatic carbocycles. The predicted octanol–water partition coefficient (Wildman–Crippen LogP) is -0.142. The van der Waals surface area contributed by atoms with E-state index in [1.54, 1.807) is 6.20 Å². The van der Waals surface area contributed by atoms with Gasteiger partial charge in [-0.3, -0.25) is 9.89 Å². The fourth-order valence-electron chi connectivity index (χ4n) is 1.07. The molecule has 0 bridgehead atoms. The average molecular weight is 206 g/mol. The minimum Gasteiger partial charge on any atom is -0.477 e. The normalized spacial score (nSPS) is 10.1. The molecule has 15 heavy (non-hydrogen) atoms. The van der Waals surface area contributed by atoms with E-state index in [2.05, 4.69) is 20.2 Å². The summed E-state index contributed by atoms with van der Waals surface area (Å²) >= 11 is 0. The van der Waals surface area contributed by atoms with E-state index in [0.717, 1.165) is 6.20 Å². The number of aromatic amines is 2. The van der Waals surface area contributed by atoms with Crippen LogP contribution in [0.2, 0.25) is 0 Å². The van der Waals surface area contributed by atoms with Crippen molar-refractivity contribution >= 4 is 5.97 Å². The Kier molecular flexibility index (Phi) is 2.05. The van der Waals surface area contributed by atoms with Gasteiger partial charge in [0.25, 0.3) is 5.56 Å². The number of hydrogen-bond donors (Lipinski definition) is 3. The van der Waals surface area contributed by atoms with Crippen LogP contribution < -0.4 is 5.56 Å². The highest BCUT2D eigenvalue weighted by molar-refractivity contribution is 5.86. The Morgan fingerprint density at radius 2 is 2.20 bits per heavy atom. The third-order valence-corrected chi connectivity index (χ3v) is 1.80. The van der Waals surface area contributed by atoms with Gasteiger partial charge in [0.1, 0.15) is 11.4 Å². The number of carboxylic acids is 1. The Morgan fingerprint density at radius 3 is 2.73 bits per heavy atom. The van der Waals surface area contributed by atoms with Gasteiger partial charge in [0, 0.05) is 12.4 Å². The monoisotopic (exact) mass is 206 g/mol. The molecule has 2 rings (SSSR count). The van der Waals surface area contributed by atoms with Crippen molar-refractivity contribution < 1.29 is 9.90 Å². The number of aromatic nitrogens is 4. The van der Waals surface area contributed by atoms with Crippen molar-refractivity contribution in [1.82, 2.24) is 20.2 Å². The van der Waals surface area contributed by atoms with Gasteiger partial charge >= 0.3 is 5.97 Å². The zero-order valence-electron chi connectivity index (χ0n) is 7.39. The minimum atomic E-state index is -1.30. The maximum Gasteiger partial charge on any atom is 0.342 e. The SMILES string of the molecule is O=C(O)c1cnc(-c2cn[nH]c2)[nH]c1=O. The van der Waals surface area contributed by atoms with Gasteiger partial charge in [-0.25, -0.2) is 9.78 Å². The average Bonchev–Trinajstić information content (AvgIpc) is 2.69.